The lowest BCUT2D eigenvalue weighted by Crippen LogP contribution is -2.34. The fraction of sp³-hybridized carbons (Fsp3) is 0.500. The Morgan fingerprint density at radius 1 is 1.11 bits per heavy atom. The van der Waals surface area contributed by atoms with Crippen LogP contribution in [0.15, 0.2) is 27.9 Å². The summed E-state index contributed by atoms with van der Waals surface area (Å²) < 4.78 is 4.75. The number of aryl methyl sites for hydroxylation is 2. The molecule has 0 amide bonds. The van der Waals surface area contributed by atoms with Crippen LogP contribution in [0.1, 0.15) is 37.4 Å². The first-order chi connectivity index (χ1) is 12.9. The number of aromatic nitrogens is 6. The van der Waals surface area contributed by atoms with Gasteiger partial charge < -0.3 is 5.32 Å². The third-order valence-electron chi connectivity index (χ3n) is 5.31. The Balaban J connectivity index is 1.51. The molecule has 3 heterocycles. The molecule has 4 rings (SSSR count). The smallest absolute Gasteiger partial charge is 0.267 e. The Labute approximate surface area is 155 Å². The Kier molecular flexibility index (Phi) is 4.29. The third-order valence-corrected chi connectivity index (χ3v) is 5.31. The molecule has 1 aliphatic carbocycles. The van der Waals surface area contributed by atoms with E-state index < -0.39 is 0 Å². The molecule has 1 fully saturated rings. The van der Waals surface area contributed by atoms with Gasteiger partial charge in [-0.1, -0.05) is 0 Å². The monoisotopic (exact) mass is 369 g/mol. The van der Waals surface area contributed by atoms with E-state index in [1.54, 1.807) is 41.8 Å². The molecule has 0 atom stereocenters. The molecular weight excluding hydrogens is 346 g/mol. The second-order valence-corrected chi connectivity index (χ2v) is 7.21. The van der Waals surface area contributed by atoms with E-state index in [0.29, 0.717) is 17.0 Å². The maximum absolute atomic E-state index is 12.5. The van der Waals surface area contributed by atoms with Crippen LogP contribution in [0.5, 0.6) is 0 Å². The molecule has 0 bridgehead atoms. The topological polar surface area (TPSA) is 99.6 Å². The molecule has 0 radical (unpaired) electrons. The van der Waals surface area contributed by atoms with Crippen LogP contribution in [0, 0.1) is 6.92 Å². The molecule has 0 spiro atoms. The summed E-state index contributed by atoms with van der Waals surface area (Å²) in [6.07, 6.45) is 5.02. The van der Waals surface area contributed by atoms with E-state index >= 15 is 0 Å². The van der Waals surface area contributed by atoms with E-state index in [2.05, 4.69) is 20.5 Å². The van der Waals surface area contributed by atoms with E-state index in [9.17, 15) is 9.59 Å². The number of hydrogen-bond acceptors (Lipinski definition) is 6. The van der Waals surface area contributed by atoms with E-state index in [-0.39, 0.29) is 23.2 Å². The minimum Gasteiger partial charge on any atom is -0.353 e. The second-order valence-electron chi connectivity index (χ2n) is 7.21. The molecule has 1 saturated carbocycles. The summed E-state index contributed by atoms with van der Waals surface area (Å²) in [5, 5.41) is 12.4. The van der Waals surface area contributed by atoms with Crippen molar-refractivity contribution < 1.29 is 0 Å². The van der Waals surface area contributed by atoms with Crippen molar-refractivity contribution >= 4 is 17.0 Å². The summed E-state index contributed by atoms with van der Waals surface area (Å²) in [5.41, 5.74) is 1.26. The Hall–Kier alpha value is -2.97. The van der Waals surface area contributed by atoms with Gasteiger partial charge in [-0.15, -0.1) is 0 Å². The molecule has 0 aromatic carbocycles. The zero-order valence-corrected chi connectivity index (χ0v) is 15.7. The summed E-state index contributed by atoms with van der Waals surface area (Å²) in [7, 11) is 3.49. The summed E-state index contributed by atoms with van der Waals surface area (Å²) in [5.74, 6) is 0.547. The Bertz CT molecular complexity index is 1100. The molecule has 142 valence electrons. The van der Waals surface area contributed by atoms with Crippen LogP contribution in [0.2, 0.25) is 0 Å². The number of anilines is 1. The number of nitrogens with zero attached hydrogens (tertiary/aromatic N) is 6. The molecule has 3 aromatic heterocycles. The first-order valence-electron chi connectivity index (χ1n) is 9.16. The third kappa shape index (κ3) is 3.13. The van der Waals surface area contributed by atoms with E-state index in [1.165, 1.54) is 4.57 Å². The Morgan fingerprint density at radius 2 is 1.85 bits per heavy atom. The maximum atomic E-state index is 12.5. The fourth-order valence-corrected chi connectivity index (χ4v) is 3.73. The summed E-state index contributed by atoms with van der Waals surface area (Å²) in [6.45, 7) is 1.89. The molecule has 27 heavy (non-hydrogen) atoms. The lowest BCUT2D eigenvalue weighted by molar-refractivity contribution is 0.301. The van der Waals surface area contributed by atoms with Crippen molar-refractivity contribution in [3.05, 3.63) is 44.7 Å². The van der Waals surface area contributed by atoms with Gasteiger partial charge in [0.05, 0.1) is 17.9 Å². The number of hydrogen-bond donors (Lipinski definition) is 1. The van der Waals surface area contributed by atoms with Gasteiger partial charge in [-0.25, -0.2) is 4.68 Å². The highest BCUT2D eigenvalue weighted by Gasteiger charge is 2.25. The largest absolute Gasteiger partial charge is 0.353 e. The van der Waals surface area contributed by atoms with Crippen LogP contribution < -0.4 is 16.4 Å². The maximum Gasteiger partial charge on any atom is 0.267 e. The van der Waals surface area contributed by atoms with Crippen molar-refractivity contribution in [2.24, 2.45) is 14.1 Å². The van der Waals surface area contributed by atoms with Crippen molar-refractivity contribution in [1.29, 1.82) is 0 Å². The van der Waals surface area contributed by atoms with Crippen LogP contribution in [-0.2, 0) is 14.1 Å². The van der Waals surface area contributed by atoms with Crippen molar-refractivity contribution in [3.8, 4) is 0 Å². The fourth-order valence-electron chi connectivity index (χ4n) is 3.73. The van der Waals surface area contributed by atoms with Crippen LogP contribution in [0.3, 0.4) is 0 Å². The van der Waals surface area contributed by atoms with Gasteiger partial charge >= 0.3 is 0 Å². The average molecular weight is 369 g/mol. The van der Waals surface area contributed by atoms with Gasteiger partial charge in [-0.05, 0) is 38.7 Å². The molecule has 0 unspecified atom stereocenters. The predicted molar refractivity (Wildman–Crippen MR) is 102 cm³/mol. The molecule has 0 saturated heterocycles. The zero-order valence-electron chi connectivity index (χ0n) is 15.7. The standard InChI is InChI=1S/C18H23N7O2/c1-11-4-9-15(26)25(22-11)13-7-5-12(6-8-13)20-18-21-16-14(10-19-24(16)3)17(27)23(18)2/h4,9-10,12-13H,5-8H2,1-3H3,(H,20,21). The number of fused-ring (bicyclic) bond motifs is 1. The molecule has 3 aromatic rings. The van der Waals surface area contributed by atoms with Crippen molar-refractivity contribution in [3.63, 3.8) is 0 Å². The lowest BCUT2D eigenvalue weighted by Gasteiger charge is -2.30. The van der Waals surface area contributed by atoms with Gasteiger partial charge in [-0.2, -0.15) is 15.2 Å². The second kappa shape index (κ2) is 6.64. The minimum absolute atomic E-state index is 0.0530. The van der Waals surface area contributed by atoms with Crippen molar-refractivity contribution in [2.75, 3.05) is 5.32 Å². The van der Waals surface area contributed by atoms with E-state index in [0.717, 1.165) is 31.4 Å². The molecule has 1 N–H and O–H groups in total. The van der Waals surface area contributed by atoms with Crippen molar-refractivity contribution in [1.82, 2.24) is 29.1 Å². The van der Waals surface area contributed by atoms with E-state index in [1.807, 2.05) is 6.92 Å². The van der Waals surface area contributed by atoms with Crippen LogP contribution in [-0.4, -0.2) is 35.2 Å². The number of rotatable bonds is 3. The first kappa shape index (κ1) is 17.4. The van der Waals surface area contributed by atoms with Gasteiger partial charge in [0, 0.05) is 26.2 Å². The normalized spacial score (nSPS) is 20.1. The molecule has 9 heteroatoms. The van der Waals surface area contributed by atoms with Crippen LogP contribution >= 0.6 is 0 Å². The van der Waals surface area contributed by atoms with Crippen LogP contribution in [0.25, 0.3) is 11.0 Å². The molecule has 0 aliphatic heterocycles. The van der Waals surface area contributed by atoms with Gasteiger partial charge in [0.2, 0.25) is 5.95 Å². The predicted octanol–water partition coefficient (Wildman–Crippen LogP) is 1.13. The first-order valence-corrected chi connectivity index (χ1v) is 9.16. The quantitative estimate of drug-likeness (QED) is 0.743. The van der Waals surface area contributed by atoms with E-state index in [4.69, 9.17) is 0 Å². The van der Waals surface area contributed by atoms with Crippen LogP contribution in [0.4, 0.5) is 5.95 Å². The zero-order chi connectivity index (χ0) is 19.1. The summed E-state index contributed by atoms with van der Waals surface area (Å²) in [4.78, 5) is 29.2. The SMILES string of the molecule is Cc1ccc(=O)n(C2CCC(Nc3nc4c(cnn4C)c(=O)n3C)CC2)n1. The summed E-state index contributed by atoms with van der Waals surface area (Å²) >= 11 is 0. The minimum atomic E-state index is -0.111. The van der Waals surface area contributed by atoms with Gasteiger partial charge in [-0.3, -0.25) is 18.8 Å². The van der Waals surface area contributed by atoms with Gasteiger partial charge in [0.1, 0.15) is 5.39 Å². The lowest BCUT2D eigenvalue weighted by atomic mass is 9.91. The van der Waals surface area contributed by atoms with Gasteiger partial charge in [0.15, 0.2) is 5.65 Å². The molecule has 9 nitrogen and oxygen atoms in total. The van der Waals surface area contributed by atoms with Gasteiger partial charge in [0.25, 0.3) is 11.1 Å². The number of nitrogens with one attached hydrogen (secondary N) is 1. The summed E-state index contributed by atoms with van der Waals surface area (Å²) in [6, 6.07) is 3.64. The highest BCUT2D eigenvalue weighted by atomic mass is 16.1. The average Bonchev–Trinajstić information content (AvgIpc) is 3.03. The molecular formula is C18H23N7O2. The molecule has 1 aliphatic rings. The van der Waals surface area contributed by atoms with Crippen molar-refractivity contribution in [2.45, 2.75) is 44.7 Å². The highest BCUT2D eigenvalue weighted by molar-refractivity contribution is 5.74. The highest BCUT2D eigenvalue weighted by Crippen LogP contribution is 2.28. The Morgan fingerprint density at radius 3 is 2.59 bits per heavy atom.